The molecule has 0 saturated heterocycles. The SMILES string of the molecule is CN=C1C=CC(C)(C)C=CN1/C(=C\O)C(=O)I. The normalized spacial score (nSPS) is 21.8. The largest absolute Gasteiger partial charge is 0.513 e. The maximum atomic E-state index is 11.4. The van der Waals surface area contributed by atoms with Crippen molar-refractivity contribution in [3.8, 4) is 0 Å². The van der Waals surface area contributed by atoms with Gasteiger partial charge >= 0.3 is 0 Å². The standard InChI is InChI=1S/C12H15IN2O2/c1-12(2)5-4-10(14-3)15(7-6-12)9(8-16)11(13)17/h4-8,16H,1-3H3/b9-8-,14-10?. The third-order valence-corrected chi connectivity index (χ3v) is 2.93. The third-order valence-electron chi connectivity index (χ3n) is 2.37. The molecule has 5 heteroatoms. The summed E-state index contributed by atoms with van der Waals surface area (Å²) >= 11 is 1.63. The molecule has 0 amide bonds. The number of hydrogen-bond acceptors (Lipinski definition) is 3. The Labute approximate surface area is 115 Å². The zero-order valence-corrected chi connectivity index (χ0v) is 12.2. The Morgan fingerprint density at radius 2 is 2.18 bits per heavy atom. The number of hydrogen-bond donors (Lipinski definition) is 1. The van der Waals surface area contributed by atoms with Crippen molar-refractivity contribution in [3.63, 3.8) is 0 Å². The van der Waals surface area contributed by atoms with Gasteiger partial charge in [0.2, 0.25) is 3.79 Å². The van der Waals surface area contributed by atoms with Crippen LogP contribution in [0.15, 0.2) is 41.4 Å². The van der Waals surface area contributed by atoms with Gasteiger partial charge in [-0.2, -0.15) is 0 Å². The maximum absolute atomic E-state index is 11.4. The van der Waals surface area contributed by atoms with E-state index in [0.29, 0.717) is 5.84 Å². The number of halogens is 1. The summed E-state index contributed by atoms with van der Waals surface area (Å²) in [6, 6.07) is 0. The second-order valence-corrected chi connectivity index (χ2v) is 5.19. The van der Waals surface area contributed by atoms with Gasteiger partial charge in [-0.1, -0.05) is 26.0 Å². The molecule has 1 N–H and O–H groups in total. The summed E-state index contributed by atoms with van der Waals surface area (Å²) in [6.07, 6.45) is 8.34. The highest BCUT2D eigenvalue weighted by Crippen LogP contribution is 2.24. The Morgan fingerprint density at radius 1 is 1.53 bits per heavy atom. The first-order valence-electron chi connectivity index (χ1n) is 5.10. The van der Waals surface area contributed by atoms with Crippen LogP contribution in [0.4, 0.5) is 0 Å². The van der Waals surface area contributed by atoms with Gasteiger partial charge in [-0.05, 0) is 6.08 Å². The number of aliphatic imine (C=N–C) groups is 1. The van der Waals surface area contributed by atoms with Crippen molar-refractivity contribution < 1.29 is 9.90 Å². The minimum Gasteiger partial charge on any atom is -0.513 e. The van der Waals surface area contributed by atoms with Crippen LogP contribution in [0.1, 0.15) is 13.8 Å². The van der Waals surface area contributed by atoms with Crippen LogP contribution >= 0.6 is 22.6 Å². The number of carbonyl (C=O) groups excluding carboxylic acids is 1. The topological polar surface area (TPSA) is 52.9 Å². The second kappa shape index (κ2) is 5.48. The van der Waals surface area contributed by atoms with Gasteiger partial charge in [-0.15, -0.1) is 0 Å². The van der Waals surface area contributed by atoms with Gasteiger partial charge in [-0.25, -0.2) is 0 Å². The Bertz CT molecular complexity index is 434. The van der Waals surface area contributed by atoms with Crippen molar-refractivity contribution >= 4 is 32.2 Å². The molecule has 0 saturated carbocycles. The summed E-state index contributed by atoms with van der Waals surface area (Å²) in [6.45, 7) is 4.09. The molecular formula is C12H15IN2O2. The summed E-state index contributed by atoms with van der Waals surface area (Å²) in [4.78, 5) is 17.1. The molecule has 0 aromatic rings. The number of rotatable bonds is 2. The van der Waals surface area contributed by atoms with Crippen LogP contribution in [0.2, 0.25) is 0 Å². The average Bonchev–Trinajstić information content (AvgIpc) is 2.39. The Hall–Kier alpha value is -1.11. The van der Waals surface area contributed by atoms with Crippen LogP contribution < -0.4 is 0 Å². The number of aliphatic hydroxyl groups excluding tert-OH is 1. The molecule has 0 radical (unpaired) electrons. The van der Waals surface area contributed by atoms with E-state index >= 15 is 0 Å². The summed E-state index contributed by atoms with van der Waals surface area (Å²) in [5.41, 5.74) is 0.0735. The maximum Gasteiger partial charge on any atom is 0.242 e. The molecule has 0 bridgehead atoms. The monoisotopic (exact) mass is 346 g/mol. The van der Waals surface area contributed by atoms with E-state index in [1.807, 2.05) is 32.1 Å². The van der Waals surface area contributed by atoms with Crippen LogP contribution in [-0.4, -0.2) is 26.7 Å². The number of aliphatic hydroxyl groups is 1. The fourth-order valence-electron chi connectivity index (χ4n) is 1.36. The predicted octanol–water partition coefficient (Wildman–Crippen LogP) is 2.79. The second-order valence-electron chi connectivity index (χ2n) is 4.21. The molecule has 1 rings (SSSR count). The Balaban J connectivity index is 3.23. The summed E-state index contributed by atoms with van der Waals surface area (Å²) in [5, 5.41) is 9.14. The van der Waals surface area contributed by atoms with E-state index in [2.05, 4.69) is 4.99 Å². The zero-order valence-electron chi connectivity index (χ0n) is 10.0. The van der Waals surface area contributed by atoms with E-state index < -0.39 is 0 Å². The minimum atomic E-state index is -0.246. The predicted molar refractivity (Wildman–Crippen MR) is 77.0 cm³/mol. The lowest BCUT2D eigenvalue weighted by molar-refractivity contribution is -0.107. The number of amidine groups is 1. The molecule has 1 aliphatic rings. The molecule has 1 heterocycles. The van der Waals surface area contributed by atoms with E-state index in [4.69, 9.17) is 5.11 Å². The lowest BCUT2D eigenvalue weighted by Gasteiger charge is -2.19. The van der Waals surface area contributed by atoms with Crippen LogP contribution in [0.25, 0.3) is 0 Å². The van der Waals surface area contributed by atoms with Crippen molar-refractivity contribution in [2.45, 2.75) is 13.8 Å². The number of nitrogens with zero attached hydrogens (tertiary/aromatic N) is 2. The summed E-state index contributed by atoms with van der Waals surface area (Å²) in [5.74, 6) is 0.608. The van der Waals surface area contributed by atoms with Crippen molar-refractivity contribution in [2.24, 2.45) is 10.4 Å². The number of allylic oxidation sites excluding steroid dienone is 3. The Kier molecular flexibility index (Phi) is 4.50. The minimum absolute atomic E-state index is 0.112. The van der Waals surface area contributed by atoms with Crippen LogP contribution in [0.5, 0.6) is 0 Å². The van der Waals surface area contributed by atoms with Gasteiger partial charge in [0.05, 0.1) is 0 Å². The molecule has 0 fully saturated rings. The van der Waals surface area contributed by atoms with Gasteiger partial charge in [0.25, 0.3) is 0 Å². The van der Waals surface area contributed by atoms with E-state index in [1.165, 1.54) is 0 Å². The summed E-state index contributed by atoms with van der Waals surface area (Å²) in [7, 11) is 1.64. The van der Waals surface area contributed by atoms with E-state index in [-0.39, 0.29) is 14.9 Å². The molecule has 17 heavy (non-hydrogen) atoms. The molecular weight excluding hydrogens is 331 g/mol. The molecule has 0 spiro atoms. The summed E-state index contributed by atoms with van der Waals surface area (Å²) < 4.78 is -0.246. The molecule has 4 nitrogen and oxygen atoms in total. The first kappa shape index (κ1) is 14.0. The van der Waals surface area contributed by atoms with Gasteiger partial charge in [-0.3, -0.25) is 14.7 Å². The quantitative estimate of drug-likeness (QED) is 0.362. The molecule has 1 aliphatic heterocycles. The molecule has 0 aliphatic carbocycles. The molecule has 92 valence electrons. The van der Waals surface area contributed by atoms with Crippen LogP contribution in [-0.2, 0) is 4.79 Å². The highest BCUT2D eigenvalue weighted by atomic mass is 127. The van der Waals surface area contributed by atoms with Crippen LogP contribution in [0.3, 0.4) is 0 Å². The number of carbonyl (C=O) groups is 1. The van der Waals surface area contributed by atoms with Crippen molar-refractivity contribution in [2.75, 3.05) is 7.05 Å². The van der Waals surface area contributed by atoms with Crippen molar-refractivity contribution in [3.05, 3.63) is 36.4 Å². The van der Waals surface area contributed by atoms with Crippen molar-refractivity contribution in [1.29, 1.82) is 0 Å². The van der Waals surface area contributed by atoms with Gasteiger partial charge in [0.15, 0.2) is 0 Å². The van der Waals surface area contributed by atoms with Gasteiger partial charge < -0.3 is 5.11 Å². The first-order chi connectivity index (χ1) is 7.91. The fourth-order valence-corrected chi connectivity index (χ4v) is 1.76. The lowest BCUT2D eigenvalue weighted by Crippen LogP contribution is -2.25. The van der Waals surface area contributed by atoms with Gasteiger partial charge in [0.1, 0.15) is 17.8 Å². The van der Waals surface area contributed by atoms with Gasteiger partial charge in [0, 0.05) is 41.3 Å². The van der Waals surface area contributed by atoms with E-state index in [0.717, 1.165) is 6.26 Å². The van der Waals surface area contributed by atoms with E-state index in [1.54, 1.807) is 40.7 Å². The highest BCUT2D eigenvalue weighted by Gasteiger charge is 2.21. The zero-order chi connectivity index (χ0) is 13.1. The van der Waals surface area contributed by atoms with Crippen molar-refractivity contribution in [1.82, 2.24) is 4.90 Å². The molecule has 0 aromatic carbocycles. The fraction of sp³-hybridized carbons (Fsp3) is 0.333. The average molecular weight is 346 g/mol. The third kappa shape index (κ3) is 3.42. The van der Waals surface area contributed by atoms with Crippen LogP contribution in [0, 0.1) is 5.41 Å². The smallest absolute Gasteiger partial charge is 0.242 e. The molecule has 0 unspecified atom stereocenters. The first-order valence-corrected chi connectivity index (χ1v) is 6.18. The highest BCUT2D eigenvalue weighted by molar-refractivity contribution is 14.1. The lowest BCUT2D eigenvalue weighted by atomic mass is 9.93. The molecule has 0 atom stereocenters. The van der Waals surface area contributed by atoms with E-state index in [9.17, 15) is 4.79 Å². The molecule has 0 aromatic heterocycles. The Morgan fingerprint density at radius 3 is 2.65 bits per heavy atom.